The first-order valence-electron chi connectivity index (χ1n) is 9.72. The quantitative estimate of drug-likeness (QED) is 0.271. The minimum atomic E-state index is 0. The highest BCUT2D eigenvalue weighted by Gasteiger charge is 2.08. The van der Waals surface area contributed by atoms with Crippen LogP contribution in [0.4, 0.5) is 5.69 Å². The molecule has 0 unspecified atom stereocenters. The predicted molar refractivity (Wildman–Crippen MR) is 132 cm³/mol. The van der Waals surface area contributed by atoms with E-state index >= 15 is 0 Å². The predicted octanol–water partition coefficient (Wildman–Crippen LogP) is 4.35. The van der Waals surface area contributed by atoms with Crippen molar-refractivity contribution in [1.82, 2.24) is 5.32 Å². The third kappa shape index (κ3) is 7.47. The van der Waals surface area contributed by atoms with Crippen LogP contribution in [0.5, 0.6) is 23.0 Å². The van der Waals surface area contributed by atoms with Crippen molar-refractivity contribution in [1.29, 1.82) is 0 Å². The van der Waals surface area contributed by atoms with Gasteiger partial charge in [0.25, 0.3) is 0 Å². The Balaban J connectivity index is 0.00000450. The molecule has 0 aromatic heterocycles. The van der Waals surface area contributed by atoms with Crippen molar-refractivity contribution >= 4 is 35.6 Å². The van der Waals surface area contributed by atoms with Crippen LogP contribution in [0.15, 0.2) is 41.4 Å². The third-order valence-electron chi connectivity index (χ3n) is 4.19. The van der Waals surface area contributed by atoms with E-state index in [1.54, 1.807) is 21.3 Å². The molecule has 2 N–H and O–H groups in total. The van der Waals surface area contributed by atoms with Crippen molar-refractivity contribution in [2.45, 2.75) is 20.3 Å². The van der Waals surface area contributed by atoms with Gasteiger partial charge in [-0.15, -0.1) is 24.0 Å². The van der Waals surface area contributed by atoms with Crippen LogP contribution in [-0.2, 0) is 6.42 Å². The third-order valence-corrected chi connectivity index (χ3v) is 4.19. The highest BCUT2D eigenvalue weighted by Crippen LogP contribution is 2.30. The van der Waals surface area contributed by atoms with Gasteiger partial charge < -0.3 is 29.6 Å². The van der Waals surface area contributed by atoms with E-state index in [1.165, 1.54) is 0 Å². The molecule has 0 fully saturated rings. The minimum Gasteiger partial charge on any atom is -0.493 e. The Labute approximate surface area is 196 Å². The average Bonchev–Trinajstić information content (AvgIpc) is 2.74. The molecule has 0 aliphatic rings. The highest BCUT2D eigenvalue weighted by molar-refractivity contribution is 14.0. The second-order valence-electron chi connectivity index (χ2n) is 6.12. The van der Waals surface area contributed by atoms with Crippen molar-refractivity contribution in [2.24, 2.45) is 4.99 Å². The normalized spacial score (nSPS) is 10.6. The maximum absolute atomic E-state index is 5.64. The van der Waals surface area contributed by atoms with E-state index in [0.29, 0.717) is 30.6 Å². The number of guanidine groups is 1. The Hall–Kier alpha value is -2.36. The molecule has 0 heterocycles. The Morgan fingerprint density at radius 1 is 0.867 bits per heavy atom. The van der Waals surface area contributed by atoms with Gasteiger partial charge >= 0.3 is 0 Å². The number of hydrogen-bond acceptors (Lipinski definition) is 5. The number of halogens is 1. The molecule has 0 aliphatic heterocycles. The zero-order chi connectivity index (χ0) is 21.1. The molecule has 30 heavy (non-hydrogen) atoms. The molecule has 0 saturated heterocycles. The number of nitrogens with zero attached hydrogens (tertiary/aromatic N) is 1. The van der Waals surface area contributed by atoms with E-state index in [4.69, 9.17) is 18.9 Å². The van der Waals surface area contributed by atoms with E-state index in [-0.39, 0.29) is 24.0 Å². The van der Waals surface area contributed by atoms with Crippen LogP contribution < -0.4 is 29.6 Å². The first kappa shape index (κ1) is 25.7. The zero-order valence-electron chi connectivity index (χ0n) is 18.3. The van der Waals surface area contributed by atoms with Gasteiger partial charge in [0, 0.05) is 24.8 Å². The van der Waals surface area contributed by atoms with Gasteiger partial charge in [-0.3, -0.25) is 4.99 Å². The van der Waals surface area contributed by atoms with Crippen molar-refractivity contribution in [2.75, 3.05) is 46.3 Å². The molecular weight excluding hydrogens is 497 g/mol. The topological polar surface area (TPSA) is 73.3 Å². The number of rotatable bonds is 10. The lowest BCUT2D eigenvalue weighted by Gasteiger charge is -2.14. The van der Waals surface area contributed by atoms with Gasteiger partial charge in [0.1, 0.15) is 0 Å². The minimum absolute atomic E-state index is 0. The summed E-state index contributed by atoms with van der Waals surface area (Å²) in [5.74, 6) is 3.55. The van der Waals surface area contributed by atoms with Crippen molar-refractivity contribution < 1.29 is 18.9 Å². The lowest BCUT2D eigenvalue weighted by Crippen LogP contribution is -2.30. The Morgan fingerprint density at radius 2 is 1.53 bits per heavy atom. The van der Waals surface area contributed by atoms with Gasteiger partial charge in [0.2, 0.25) is 0 Å². The molecule has 0 amide bonds. The number of aliphatic imine (C=N–C) groups is 1. The van der Waals surface area contributed by atoms with Gasteiger partial charge in [-0.25, -0.2) is 0 Å². The second kappa shape index (κ2) is 13.8. The van der Waals surface area contributed by atoms with Gasteiger partial charge in [-0.2, -0.15) is 0 Å². The van der Waals surface area contributed by atoms with Crippen LogP contribution >= 0.6 is 24.0 Å². The summed E-state index contributed by atoms with van der Waals surface area (Å²) in [5.41, 5.74) is 2.00. The van der Waals surface area contributed by atoms with E-state index in [9.17, 15) is 0 Å². The van der Waals surface area contributed by atoms with Crippen LogP contribution in [0.1, 0.15) is 19.4 Å². The van der Waals surface area contributed by atoms with Crippen LogP contribution in [-0.4, -0.2) is 47.0 Å². The number of benzene rings is 2. The van der Waals surface area contributed by atoms with Crippen LogP contribution in [0.25, 0.3) is 0 Å². The van der Waals surface area contributed by atoms with E-state index in [0.717, 1.165) is 35.7 Å². The summed E-state index contributed by atoms with van der Waals surface area (Å²) >= 11 is 0. The van der Waals surface area contributed by atoms with Gasteiger partial charge in [-0.1, -0.05) is 6.07 Å². The Morgan fingerprint density at radius 3 is 2.17 bits per heavy atom. The summed E-state index contributed by atoms with van der Waals surface area (Å²) in [5, 5.41) is 6.58. The smallest absolute Gasteiger partial charge is 0.195 e. The molecule has 2 aromatic rings. The highest BCUT2D eigenvalue weighted by atomic mass is 127. The summed E-state index contributed by atoms with van der Waals surface area (Å²) in [7, 11) is 4.90. The number of methoxy groups -OCH3 is 3. The molecule has 0 bridgehead atoms. The Bertz CT molecular complexity index is 815. The van der Waals surface area contributed by atoms with Crippen molar-refractivity contribution in [3.8, 4) is 23.0 Å². The molecule has 166 valence electrons. The van der Waals surface area contributed by atoms with Crippen LogP contribution in [0.2, 0.25) is 0 Å². The molecule has 0 radical (unpaired) electrons. The lowest BCUT2D eigenvalue weighted by atomic mass is 10.1. The summed E-state index contributed by atoms with van der Waals surface area (Å²) in [4.78, 5) is 4.67. The number of anilines is 1. The Kier molecular flexibility index (Phi) is 11.8. The maximum Gasteiger partial charge on any atom is 0.195 e. The number of hydrogen-bond donors (Lipinski definition) is 2. The van der Waals surface area contributed by atoms with E-state index in [1.807, 2.05) is 50.2 Å². The first-order valence-corrected chi connectivity index (χ1v) is 9.72. The molecule has 0 atom stereocenters. The van der Waals surface area contributed by atoms with Crippen LogP contribution in [0, 0.1) is 0 Å². The standard InChI is InChI=1S/C22H31N3O4.HI/c1-6-23-22(25-17-9-11-19(27-4)21(15-17)29-7-2)24-13-12-16-8-10-18(26-3)20(14-16)28-5;/h8-11,14-15H,6-7,12-13H2,1-5H3,(H2,23,24,25);1H. The molecule has 0 spiro atoms. The summed E-state index contributed by atoms with van der Waals surface area (Å²) in [6, 6.07) is 11.6. The van der Waals surface area contributed by atoms with Gasteiger partial charge in [0.15, 0.2) is 29.0 Å². The average molecular weight is 529 g/mol. The molecule has 0 saturated carbocycles. The fraction of sp³-hybridized carbons (Fsp3) is 0.409. The van der Waals surface area contributed by atoms with Crippen molar-refractivity contribution in [3.05, 3.63) is 42.0 Å². The van der Waals surface area contributed by atoms with E-state index < -0.39 is 0 Å². The van der Waals surface area contributed by atoms with Gasteiger partial charge in [0.05, 0.1) is 27.9 Å². The molecule has 2 aromatic carbocycles. The maximum atomic E-state index is 5.64. The van der Waals surface area contributed by atoms with Crippen molar-refractivity contribution in [3.63, 3.8) is 0 Å². The lowest BCUT2D eigenvalue weighted by molar-refractivity contribution is 0.311. The van der Waals surface area contributed by atoms with E-state index in [2.05, 4.69) is 15.6 Å². The van der Waals surface area contributed by atoms with Crippen LogP contribution in [0.3, 0.4) is 0 Å². The first-order chi connectivity index (χ1) is 14.1. The molecular formula is C22H32IN3O4. The monoisotopic (exact) mass is 529 g/mol. The number of ether oxygens (including phenoxy) is 4. The second-order valence-corrected chi connectivity index (χ2v) is 6.12. The molecule has 8 heteroatoms. The zero-order valence-corrected chi connectivity index (χ0v) is 20.6. The molecule has 0 aliphatic carbocycles. The fourth-order valence-electron chi connectivity index (χ4n) is 2.80. The SMILES string of the molecule is CCNC(=NCCc1ccc(OC)c(OC)c1)Nc1ccc(OC)c(OCC)c1.I. The van der Waals surface area contributed by atoms with Gasteiger partial charge in [-0.05, 0) is 50.1 Å². The summed E-state index contributed by atoms with van der Waals surface area (Å²) < 4.78 is 21.6. The molecule has 2 rings (SSSR count). The summed E-state index contributed by atoms with van der Waals surface area (Å²) in [6.07, 6.45) is 0.781. The fourth-order valence-corrected chi connectivity index (χ4v) is 2.80. The molecule has 7 nitrogen and oxygen atoms in total. The summed E-state index contributed by atoms with van der Waals surface area (Å²) in [6.45, 7) is 5.93. The largest absolute Gasteiger partial charge is 0.493 e. The number of nitrogens with one attached hydrogen (secondary N) is 2.